The Bertz CT molecular complexity index is 722. The Kier molecular flexibility index (Phi) is 7.87. The predicted octanol–water partition coefficient (Wildman–Crippen LogP) is 4.68. The molecule has 1 aromatic carbocycles. The molecular formula is C24H34N2O2. The van der Waals surface area contributed by atoms with Crippen LogP contribution >= 0.6 is 0 Å². The number of benzene rings is 1. The topological polar surface area (TPSA) is 45.5 Å². The SMILES string of the molecule is CCc1ccc(CCCCCCCc2ccc(C3NC(C=O)CN3C)o2)cc1. The van der Waals surface area contributed by atoms with Gasteiger partial charge in [0.2, 0.25) is 0 Å². The van der Waals surface area contributed by atoms with Gasteiger partial charge in [0.1, 0.15) is 24.0 Å². The minimum atomic E-state index is -0.104. The van der Waals surface area contributed by atoms with Crippen molar-refractivity contribution in [3.63, 3.8) is 0 Å². The van der Waals surface area contributed by atoms with Crippen molar-refractivity contribution in [1.82, 2.24) is 10.2 Å². The summed E-state index contributed by atoms with van der Waals surface area (Å²) in [5.41, 5.74) is 2.88. The highest BCUT2D eigenvalue weighted by molar-refractivity contribution is 5.58. The van der Waals surface area contributed by atoms with Crippen molar-refractivity contribution in [2.45, 2.75) is 70.5 Å². The molecule has 1 aromatic heterocycles. The number of likely N-dealkylation sites (N-methyl/N-ethyl adjacent to an activating group) is 1. The zero-order valence-electron chi connectivity index (χ0n) is 17.3. The maximum absolute atomic E-state index is 11.0. The number of hydrogen-bond donors (Lipinski definition) is 1. The van der Waals surface area contributed by atoms with Gasteiger partial charge in [0.15, 0.2) is 0 Å². The van der Waals surface area contributed by atoms with Crippen LogP contribution in [0.1, 0.15) is 67.8 Å². The average Bonchev–Trinajstić information content (AvgIpc) is 3.33. The average molecular weight is 383 g/mol. The molecule has 0 spiro atoms. The lowest BCUT2D eigenvalue weighted by molar-refractivity contribution is -0.109. The van der Waals surface area contributed by atoms with E-state index in [9.17, 15) is 4.79 Å². The molecule has 28 heavy (non-hydrogen) atoms. The van der Waals surface area contributed by atoms with E-state index in [2.05, 4.69) is 47.5 Å². The summed E-state index contributed by atoms with van der Waals surface area (Å²) in [6, 6.07) is 13.1. The van der Waals surface area contributed by atoms with Gasteiger partial charge in [0.05, 0.1) is 6.04 Å². The third kappa shape index (κ3) is 5.79. The van der Waals surface area contributed by atoms with Crippen molar-refractivity contribution in [3.05, 3.63) is 59.0 Å². The summed E-state index contributed by atoms with van der Waals surface area (Å²) in [7, 11) is 2.02. The molecule has 0 radical (unpaired) electrons. The van der Waals surface area contributed by atoms with Crippen LogP contribution in [-0.4, -0.2) is 30.8 Å². The Hall–Kier alpha value is -1.91. The lowest BCUT2D eigenvalue weighted by Gasteiger charge is -2.16. The fourth-order valence-corrected chi connectivity index (χ4v) is 3.96. The first-order chi connectivity index (χ1) is 13.7. The Morgan fingerprint density at radius 1 is 1.00 bits per heavy atom. The van der Waals surface area contributed by atoms with Crippen LogP contribution in [0, 0.1) is 0 Å². The number of nitrogens with zero attached hydrogens (tertiary/aromatic N) is 1. The minimum absolute atomic E-state index is 0.00958. The second-order valence-corrected chi connectivity index (χ2v) is 7.99. The monoisotopic (exact) mass is 382 g/mol. The summed E-state index contributed by atoms with van der Waals surface area (Å²) in [5.74, 6) is 1.96. The van der Waals surface area contributed by atoms with Gasteiger partial charge < -0.3 is 9.21 Å². The maximum atomic E-state index is 11.0. The van der Waals surface area contributed by atoms with Gasteiger partial charge in [-0.05, 0) is 56.0 Å². The van der Waals surface area contributed by atoms with E-state index in [1.165, 1.54) is 49.7 Å². The van der Waals surface area contributed by atoms with Crippen molar-refractivity contribution in [3.8, 4) is 0 Å². The van der Waals surface area contributed by atoms with Crippen LogP contribution in [0.5, 0.6) is 0 Å². The van der Waals surface area contributed by atoms with Crippen LogP contribution in [0.15, 0.2) is 40.8 Å². The zero-order valence-corrected chi connectivity index (χ0v) is 17.3. The van der Waals surface area contributed by atoms with E-state index in [0.717, 1.165) is 37.2 Å². The van der Waals surface area contributed by atoms with Gasteiger partial charge in [0.25, 0.3) is 0 Å². The van der Waals surface area contributed by atoms with E-state index in [4.69, 9.17) is 4.42 Å². The molecule has 1 N–H and O–H groups in total. The molecule has 1 fully saturated rings. The first kappa shape index (κ1) is 20.8. The standard InChI is InChI=1S/C24H34N2O2/c1-3-19-11-13-20(14-12-19)9-7-5-4-6-8-10-22-15-16-23(28-22)24-25-21(18-27)17-26(24)2/h11-16,18,21,24-25H,3-10,17H2,1-2H3. The van der Waals surface area contributed by atoms with Gasteiger partial charge in [-0.25, -0.2) is 0 Å². The van der Waals surface area contributed by atoms with Crippen LogP contribution < -0.4 is 5.32 Å². The second kappa shape index (κ2) is 10.6. The number of nitrogens with one attached hydrogen (secondary N) is 1. The van der Waals surface area contributed by atoms with E-state index < -0.39 is 0 Å². The number of hydrogen-bond acceptors (Lipinski definition) is 4. The quantitative estimate of drug-likeness (QED) is 0.453. The molecule has 2 unspecified atom stereocenters. The van der Waals surface area contributed by atoms with E-state index in [0.29, 0.717) is 0 Å². The van der Waals surface area contributed by atoms with Crippen molar-refractivity contribution in [2.75, 3.05) is 13.6 Å². The molecule has 0 aliphatic carbocycles. The van der Waals surface area contributed by atoms with Gasteiger partial charge >= 0.3 is 0 Å². The molecule has 1 aliphatic heterocycles. The molecule has 2 atom stereocenters. The predicted molar refractivity (Wildman–Crippen MR) is 113 cm³/mol. The van der Waals surface area contributed by atoms with Crippen LogP contribution in [-0.2, 0) is 24.1 Å². The Morgan fingerprint density at radius 2 is 1.68 bits per heavy atom. The van der Waals surface area contributed by atoms with Gasteiger partial charge in [-0.15, -0.1) is 0 Å². The molecule has 3 rings (SSSR count). The molecule has 4 heteroatoms. The molecule has 1 saturated heterocycles. The van der Waals surface area contributed by atoms with Crippen LogP contribution in [0.25, 0.3) is 0 Å². The van der Waals surface area contributed by atoms with Crippen LogP contribution in [0.2, 0.25) is 0 Å². The molecule has 4 nitrogen and oxygen atoms in total. The largest absolute Gasteiger partial charge is 0.463 e. The van der Waals surface area contributed by atoms with Crippen molar-refractivity contribution < 1.29 is 9.21 Å². The van der Waals surface area contributed by atoms with Gasteiger partial charge in [-0.1, -0.05) is 50.5 Å². The number of carbonyl (C=O) groups is 1. The van der Waals surface area contributed by atoms with Gasteiger partial charge in [0, 0.05) is 13.0 Å². The summed E-state index contributed by atoms with van der Waals surface area (Å²) >= 11 is 0. The fraction of sp³-hybridized carbons (Fsp3) is 0.542. The Balaban J connectivity index is 1.29. The van der Waals surface area contributed by atoms with Gasteiger partial charge in [-0.2, -0.15) is 0 Å². The molecule has 1 aliphatic rings. The lowest BCUT2D eigenvalue weighted by Crippen LogP contribution is -2.27. The van der Waals surface area contributed by atoms with E-state index in [1.807, 2.05) is 13.1 Å². The zero-order chi connectivity index (χ0) is 19.8. The molecule has 0 bridgehead atoms. The van der Waals surface area contributed by atoms with Crippen molar-refractivity contribution >= 4 is 6.29 Å². The summed E-state index contributed by atoms with van der Waals surface area (Å²) in [6.45, 7) is 2.93. The number of aryl methyl sites for hydroxylation is 3. The normalized spacial score (nSPS) is 19.9. The second-order valence-electron chi connectivity index (χ2n) is 7.99. The van der Waals surface area contributed by atoms with Crippen molar-refractivity contribution in [2.24, 2.45) is 0 Å². The van der Waals surface area contributed by atoms with E-state index >= 15 is 0 Å². The Labute approximate surface area is 169 Å². The van der Waals surface area contributed by atoms with Crippen LogP contribution in [0.3, 0.4) is 0 Å². The molecular weight excluding hydrogens is 348 g/mol. The number of aldehydes is 1. The molecule has 0 amide bonds. The summed E-state index contributed by atoms with van der Waals surface area (Å²) in [6.07, 6.45) is 10.6. The first-order valence-electron chi connectivity index (χ1n) is 10.8. The van der Waals surface area contributed by atoms with E-state index in [-0.39, 0.29) is 12.2 Å². The highest BCUT2D eigenvalue weighted by Gasteiger charge is 2.31. The molecule has 2 heterocycles. The summed E-state index contributed by atoms with van der Waals surface area (Å²) in [4.78, 5) is 13.1. The summed E-state index contributed by atoms with van der Waals surface area (Å²) in [5, 5.41) is 3.29. The fourth-order valence-electron chi connectivity index (χ4n) is 3.96. The van der Waals surface area contributed by atoms with E-state index in [1.54, 1.807) is 0 Å². The Morgan fingerprint density at radius 3 is 2.36 bits per heavy atom. The van der Waals surface area contributed by atoms with Crippen molar-refractivity contribution in [1.29, 1.82) is 0 Å². The molecule has 2 aromatic rings. The highest BCUT2D eigenvalue weighted by atomic mass is 16.3. The summed E-state index contributed by atoms with van der Waals surface area (Å²) < 4.78 is 6.02. The number of furan rings is 1. The third-order valence-electron chi connectivity index (χ3n) is 5.73. The van der Waals surface area contributed by atoms with Gasteiger partial charge in [-0.3, -0.25) is 10.2 Å². The lowest BCUT2D eigenvalue weighted by atomic mass is 10.0. The number of rotatable bonds is 11. The smallest absolute Gasteiger partial charge is 0.138 e. The first-order valence-corrected chi connectivity index (χ1v) is 10.8. The van der Waals surface area contributed by atoms with Crippen LogP contribution in [0.4, 0.5) is 0 Å². The third-order valence-corrected chi connectivity index (χ3v) is 5.73. The highest BCUT2D eigenvalue weighted by Crippen LogP contribution is 2.25. The molecule has 152 valence electrons. The minimum Gasteiger partial charge on any atom is -0.463 e. The maximum Gasteiger partial charge on any atom is 0.138 e. The number of carbonyl (C=O) groups excluding carboxylic acids is 1. The number of unbranched alkanes of at least 4 members (excludes halogenated alkanes) is 4. The molecule has 0 saturated carbocycles.